The van der Waals surface area contributed by atoms with Gasteiger partial charge in [0.05, 0.1) is 13.1 Å². The Hall–Kier alpha value is -1.81. The summed E-state index contributed by atoms with van der Waals surface area (Å²) in [6.45, 7) is 7.46. The maximum Gasteiger partial charge on any atom is 0.336 e. The number of phenols is 1. The van der Waals surface area contributed by atoms with Crippen LogP contribution in [-0.2, 0) is 13.0 Å². The summed E-state index contributed by atoms with van der Waals surface area (Å²) < 4.78 is 5.27. The normalized spacial score (nSPS) is 22.1. The minimum atomic E-state index is -0.337. The van der Waals surface area contributed by atoms with Gasteiger partial charge in [-0.25, -0.2) is 4.79 Å². The number of phenolic OH excluding ortho intramolecular Hbond substituents is 1. The number of quaternary nitrogens is 1. The van der Waals surface area contributed by atoms with E-state index in [1.807, 2.05) is 13.0 Å². The average molecular weight is 302 g/mol. The number of likely N-dealkylation sites (tertiary alicyclic amines) is 1. The van der Waals surface area contributed by atoms with Crippen LogP contribution in [0, 0.1) is 5.92 Å². The van der Waals surface area contributed by atoms with Gasteiger partial charge in [-0.3, -0.25) is 0 Å². The van der Waals surface area contributed by atoms with E-state index >= 15 is 0 Å². The highest BCUT2D eigenvalue weighted by Gasteiger charge is 2.21. The molecule has 118 valence electrons. The molecule has 2 heterocycles. The van der Waals surface area contributed by atoms with Crippen molar-refractivity contribution in [2.75, 3.05) is 13.1 Å². The number of aryl methyl sites for hydroxylation is 1. The Morgan fingerprint density at radius 3 is 2.86 bits per heavy atom. The molecule has 1 aliphatic heterocycles. The maximum atomic E-state index is 11.8. The summed E-state index contributed by atoms with van der Waals surface area (Å²) in [5, 5.41) is 10.9. The van der Waals surface area contributed by atoms with Gasteiger partial charge in [-0.15, -0.1) is 0 Å². The molecule has 2 aromatic rings. The molecule has 1 aliphatic rings. The van der Waals surface area contributed by atoms with Crippen molar-refractivity contribution < 1.29 is 14.4 Å². The van der Waals surface area contributed by atoms with Gasteiger partial charge in [-0.1, -0.05) is 13.8 Å². The van der Waals surface area contributed by atoms with E-state index in [0.29, 0.717) is 5.58 Å². The van der Waals surface area contributed by atoms with Crippen LogP contribution in [-0.4, -0.2) is 18.2 Å². The van der Waals surface area contributed by atoms with E-state index < -0.39 is 0 Å². The second-order valence-corrected chi connectivity index (χ2v) is 6.55. The molecule has 1 aromatic carbocycles. The van der Waals surface area contributed by atoms with Crippen molar-refractivity contribution in [3.8, 4) is 5.75 Å². The first-order valence-corrected chi connectivity index (χ1v) is 8.19. The number of benzene rings is 1. The third-order valence-corrected chi connectivity index (χ3v) is 4.72. The summed E-state index contributed by atoms with van der Waals surface area (Å²) in [5.41, 5.74) is 2.08. The minimum absolute atomic E-state index is 0.203. The maximum absolute atomic E-state index is 11.8. The summed E-state index contributed by atoms with van der Waals surface area (Å²) in [4.78, 5) is 13.3. The zero-order valence-electron chi connectivity index (χ0n) is 13.3. The second kappa shape index (κ2) is 6.13. The van der Waals surface area contributed by atoms with E-state index in [2.05, 4.69) is 6.92 Å². The summed E-state index contributed by atoms with van der Waals surface area (Å²) in [7, 11) is 0. The molecule has 1 unspecified atom stereocenters. The second-order valence-electron chi connectivity index (χ2n) is 6.55. The van der Waals surface area contributed by atoms with E-state index in [4.69, 9.17) is 4.42 Å². The van der Waals surface area contributed by atoms with Crippen molar-refractivity contribution in [1.29, 1.82) is 0 Å². The lowest BCUT2D eigenvalue weighted by Crippen LogP contribution is -3.12. The third kappa shape index (κ3) is 3.02. The highest BCUT2D eigenvalue weighted by Crippen LogP contribution is 2.26. The van der Waals surface area contributed by atoms with E-state index in [0.717, 1.165) is 48.5 Å². The largest absolute Gasteiger partial charge is 0.508 e. The molecule has 0 aliphatic carbocycles. The summed E-state index contributed by atoms with van der Waals surface area (Å²) in [6.07, 6.45) is 3.31. The van der Waals surface area contributed by atoms with Crippen LogP contribution in [0.5, 0.6) is 5.75 Å². The molecule has 2 atom stereocenters. The van der Waals surface area contributed by atoms with E-state index in [9.17, 15) is 9.90 Å². The monoisotopic (exact) mass is 302 g/mol. The van der Waals surface area contributed by atoms with Crippen molar-refractivity contribution in [3.63, 3.8) is 0 Å². The van der Waals surface area contributed by atoms with Gasteiger partial charge in [0.2, 0.25) is 0 Å². The standard InChI is InChI=1S/C18H23NO3/c1-3-13-7-15-14(11-19-6-4-5-12(2)10-19)8-18(21)22-17(15)9-16(13)20/h7-9,12,20H,3-6,10-11H2,1-2H3/p+1/t12-/m1/s1. The van der Waals surface area contributed by atoms with Crippen LogP contribution in [0.1, 0.15) is 37.8 Å². The SMILES string of the molecule is CCc1cc2c(C[NH+]3CCC[C@@H](C)C3)cc(=O)oc2cc1O. The van der Waals surface area contributed by atoms with Gasteiger partial charge in [0.1, 0.15) is 17.9 Å². The highest BCUT2D eigenvalue weighted by molar-refractivity contribution is 5.82. The Labute approximate surface area is 130 Å². The third-order valence-electron chi connectivity index (χ3n) is 4.72. The first-order chi connectivity index (χ1) is 10.6. The number of nitrogens with one attached hydrogen (secondary N) is 1. The fraction of sp³-hybridized carbons (Fsp3) is 0.500. The number of rotatable bonds is 3. The smallest absolute Gasteiger partial charge is 0.336 e. The summed E-state index contributed by atoms with van der Waals surface area (Å²) in [5.74, 6) is 0.944. The van der Waals surface area contributed by atoms with Crippen LogP contribution in [0.2, 0.25) is 0 Å². The summed E-state index contributed by atoms with van der Waals surface area (Å²) in [6, 6.07) is 5.16. The van der Waals surface area contributed by atoms with Crippen LogP contribution in [0.4, 0.5) is 0 Å². The molecular formula is C18H24NO3+. The van der Waals surface area contributed by atoms with Gasteiger partial charge < -0.3 is 14.4 Å². The predicted molar refractivity (Wildman–Crippen MR) is 86.3 cm³/mol. The molecule has 0 bridgehead atoms. The lowest BCUT2D eigenvalue weighted by Gasteiger charge is -2.28. The van der Waals surface area contributed by atoms with Gasteiger partial charge >= 0.3 is 5.63 Å². The quantitative estimate of drug-likeness (QED) is 0.851. The molecule has 22 heavy (non-hydrogen) atoms. The number of hydrogen-bond acceptors (Lipinski definition) is 3. The van der Waals surface area contributed by atoms with Crippen molar-refractivity contribution >= 4 is 11.0 Å². The van der Waals surface area contributed by atoms with Crippen LogP contribution < -0.4 is 10.5 Å². The van der Waals surface area contributed by atoms with Crippen LogP contribution in [0.3, 0.4) is 0 Å². The number of aromatic hydroxyl groups is 1. The Morgan fingerprint density at radius 2 is 2.14 bits per heavy atom. The number of fused-ring (bicyclic) bond motifs is 1. The Kier molecular flexibility index (Phi) is 4.21. The fourth-order valence-corrected chi connectivity index (χ4v) is 3.56. The minimum Gasteiger partial charge on any atom is -0.508 e. The molecule has 1 fully saturated rings. The van der Waals surface area contributed by atoms with Gasteiger partial charge in [-0.2, -0.15) is 0 Å². The van der Waals surface area contributed by atoms with Crippen molar-refractivity contribution in [3.05, 3.63) is 39.7 Å². The van der Waals surface area contributed by atoms with Crippen molar-refractivity contribution in [2.45, 2.75) is 39.7 Å². The topological polar surface area (TPSA) is 54.9 Å². The van der Waals surface area contributed by atoms with E-state index in [-0.39, 0.29) is 11.4 Å². The molecular weight excluding hydrogens is 278 g/mol. The van der Waals surface area contributed by atoms with E-state index in [1.54, 1.807) is 12.1 Å². The molecule has 2 N–H and O–H groups in total. The predicted octanol–water partition coefficient (Wildman–Crippen LogP) is 1.88. The molecule has 0 saturated carbocycles. The molecule has 4 heteroatoms. The highest BCUT2D eigenvalue weighted by atomic mass is 16.4. The van der Waals surface area contributed by atoms with Gasteiger partial charge in [-0.05, 0) is 30.9 Å². The number of hydrogen-bond donors (Lipinski definition) is 2. The molecule has 1 aromatic heterocycles. The lowest BCUT2D eigenvalue weighted by atomic mass is 9.99. The fourth-order valence-electron chi connectivity index (χ4n) is 3.56. The van der Waals surface area contributed by atoms with Crippen LogP contribution in [0.25, 0.3) is 11.0 Å². The number of piperidine rings is 1. The van der Waals surface area contributed by atoms with Crippen LogP contribution in [0.15, 0.2) is 27.4 Å². The average Bonchev–Trinajstić information content (AvgIpc) is 2.46. The molecule has 0 spiro atoms. The Bertz CT molecular complexity index is 735. The zero-order valence-corrected chi connectivity index (χ0v) is 13.3. The van der Waals surface area contributed by atoms with Gasteiger partial charge in [0.15, 0.2) is 0 Å². The lowest BCUT2D eigenvalue weighted by molar-refractivity contribution is -0.922. The first kappa shape index (κ1) is 15.1. The van der Waals surface area contributed by atoms with E-state index in [1.165, 1.54) is 17.7 Å². The summed E-state index contributed by atoms with van der Waals surface area (Å²) >= 11 is 0. The first-order valence-electron chi connectivity index (χ1n) is 8.19. The van der Waals surface area contributed by atoms with Crippen molar-refractivity contribution in [2.24, 2.45) is 5.92 Å². The molecule has 0 radical (unpaired) electrons. The Morgan fingerprint density at radius 1 is 1.32 bits per heavy atom. The van der Waals surface area contributed by atoms with Crippen LogP contribution >= 0.6 is 0 Å². The van der Waals surface area contributed by atoms with Crippen molar-refractivity contribution in [1.82, 2.24) is 0 Å². The molecule has 4 nitrogen and oxygen atoms in total. The van der Waals surface area contributed by atoms with Gasteiger partial charge in [0, 0.05) is 29.0 Å². The molecule has 0 amide bonds. The zero-order chi connectivity index (χ0) is 15.7. The Balaban J connectivity index is 2.02. The molecule has 1 saturated heterocycles. The molecule has 3 rings (SSSR count). The van der Waals surface area contributed by atoms with Gasteiger partial charge in [0.25, 0.3) is 0 Å².